The number of nitrogens with one attached hydrogen (secondary N) is 1. The van der Waals surface area contributed by atoms with E-state index in [1.807, 2.05) is 0 Å². The molecule has 2 fully saturated rings. The van der Waals surface area contributed by atoms with Crippen molar-refractivity contribution in [2.45, 2.75) is 6.42 Å². The van der Waals surface area contributed by atoms with E-state index in [4.69, 9.17) is 9.90 Å². The van der Waals surface area contributed by atoms with Crippen LogP contribution < -0.4 is 5.32 Å². The number of carboxylic acid groups (broad SMARTS) is 1. The highest BCUT2D eigenvalue weighted by atomic mass is 16.3. The molecular weight excluding hydrogens is 118 g/mol. The molecule has 2 aliphatic rings. The van der Waals surface area contributed by atoms with E-state index in [9.17, 15) is 0 Å². The molecule has 1 aliphatic carbocycles. The normalized spacial score (nSPS) is 36.0. The van der Waals surface area contributed by atoms with Crippen molar-refractivity contribution in [3.63, 3.8) is 0 Å². The number of carbonyl (C=O) groups is 1. The molecule has 1 aliphatic heterocycles. The molecule has 0 radical (unpaired) electrons. The lowest BCUT2D eigenvalue weighted by Crippen LogP contribution is -2.10. The Morgan fingerprint density at radius 3 is 2.00 bits per heavy atom. The number of hydrogen-bond donors (Lipinski definition) is 2. The molecule has 3 heteroatoms. The standard InChI is InChI=1S/C5H9N.CH2O2/c1-4-2-6-3-5(1)4;2-1-3/h4-6H,1-3H2;1H,(H,2,3). The highest BCUT2D eigenvalue weighted by molar-refractivity contribution is 5.32. The molecule has 2 atom stereocenters. The second-order valence-electron chi connectivity index (χ2n) is 2.52. The van der Waals surface area contributed by atoms with E-state index in [-0.39, 0.29) is 6.47 Å². The van der Waals surface area contributed by atoms with E-state index < -0.39 is 0 Å². The zero-order chi connectivity index (χ0) is 6.69. The lowest BCUT2D eigenvalue weighted by Gasteiger charge is -1.87. The molecule has 9 heavy (non-hydrogen) atoms. The molecule has 3 nitrogen and oxygen atoms in total. The summed E-state index contributed by atoms with van der Waals surface area (Å²) in [5, 5.41) is 10.2. The second-order valence-corrected chi connectivity index (χ2v) is 2.52. The second kappa shape index (κ2) is 2.82. The third-order valence-corrected chi connectivity index (χ3v) is 1.88. The van der Waals surface area contributed by atoms with Crippen LogP contribution in [0.1, 0.15) is 6.42 Å². The Bertz CT molecular complexity index is 97.2. The summed E-state index contributed by atoms with van der Waals surface area (Å²) in [4.78, 5) is 8.36. The van der Waals surface area contributed by atoms with Crippen LogP contribution in [0, 0.1) is 11.8 Å². The van der Waals surface area contributed by atoms with Gasteiger partial charge in [-0.25, -0.2) is 0 Å². The maximum absolute atomic E-state index is 8.36. The van der Waals surface area contributed by atoms with Crippen molar-refractivity contribution in [3.05, 3.63) is 0 Å². The van der Waals surface area contributed by atoms with Crippen LogP contribution in [0.4, 0.5) is 0 Å². The third kappa shape index (κ3) is 1.68. The summed E-state index contributed by atoms with van der Waals surface area (Å²) < 4.78 is 0. The number of rotatable bonds is 0. The summed E-state index contributed by atoms with van der Waals surface area (Å²) in [6.07, 6.45) is 1.52. The minimum atomic E-state index is -0.250. The van der Waals surface area contributed by atoms with E-state index in [2.05, 4.69) is 5.32 Å². The van der Waals surface area contributed by atoms with Gasteiger partial charge in [0.2, 0.25) is 0 Å². The smallest absolute Gasteiger partial charge is 0.290 e. The molecule has 1 saturated heterocycles. The Labute approximate surface area is 54.1 Å². The van der Waals surface area contributed by atoms with Crippen molar-refractivity contribution in [1.82, 2.24) is 5.32 Å². The molecule has 2 rings (SSSR count). The van der Waals surface area contributed by atoms with E-state index >= 15 is 0 Å². The van der Waals surface area contributed by atoms with Crippen molar-refractivity contribution < 1.29 is 9.90 Å². The largest absolute Gasteiger partial charge is 0.483 e. The number of fused-ring (bicyclic) bond motifs is 1. The molecule has 0 amide bonds. The van der Waals surface area contributed by atoms with Gasteiger partial charge >= 0.3 is 0 Å². The van der Waals surface area contributed by atoms with Crippen LogP contribution in [-0.4, -0.2) is 24.7 Å². The summed E-state index contributed by atoms with van der Waals surface area (Å²) in [6, 6.07) is 0. The Balaban J connectivity index is 0.000000120. The average molecular weight is 129 g/mol. The van der Waals surface area contributed by atoms with Gasteiger partial charge in [-0.3, -0.25) is 4.79 Å². The SMILES string of the molecule is C1NCC2CC12.O=CO. The van der Waals surface area contributed by atoms with Crippen molar-refractivity contribution >= 4 is 6.47 Å². The predicted octanol–water partition coefficient (Wildman–Crippen LogP) is -0.0735. The summed E-state index contributed by atoms with van der Waals surface area (Å²) in [5.41, 5.74) is 0. The van der Waals surface area contributed by atoms with Crippen LogP contribution in [0.5, 0.6) is 0 Å². The van der Waals surface area contributed by atoms with Crippen LogP contribution in [-0.2, 0) is 4.79 Å². The number of hydrogen-bond acceptors (Lipinski definition) is 2. The number of piperidine rings is 1. The van der Waals surface area contributed by atoms with Gasteiger partial charge in [-0.1, -0.05) is 0 Å². The summed E-state index contributed by atoms with van der Waals surface area (Å²) in [7, 11) is 0. The zero-order valence-electron chi connectivity index (χ0n) is 5.21. The third-order valence-electron chi connectivity index (χ3n) is 1.88. The fourth-order valence-corrected chi connectivity index (χ4v) is 1.26. The minimum absolute atomic E-state index is 0.250. The minimum Gasteiger partial charge on any atom is -0.483 e. The topological polar surface area (TPSA) is 49.3 Å². The van der Waals surface area contributed by atoms with Crippen LogP contribution in [0.2, 0.25) is 0 Å². The van der Waals surface area contributed by atoms with Crippen molar-refractivity contribution in [1.29, 1.82) is 0 Å². The monoisotopic (exact) mass is 129 g/mol. The van der Waals surface area contributed by atoms with Crippen LogP contribution in [0.3, 0.4) is 0 Å². The van der Waals surface area contributed by atoms with E-state index in [1.165, 1.54) is 19.5 Å². The quantitative estimate of drug-likeness (QED) is 0.450. The predicted molar refractivity (Wildman–Crippen MR) is 33.2 cm³/mol. The first-order chi connectivity index (χ1) is 4.38. The fraction of sp³-hybridized carbons (Fsp3) is 0.833. The molecule has 0 aromatic rings. The summed E-state index contributed by atoms with van der Waals surface area (Å²) >= 11 is 0. The average Bonchev–Trinajstić information content (AvgIpc) is 2.43. The van der Waals surface area contributed by atoms with Gasteiger partial charge in [0.05, 0.1) is 0 Å². The van der Waals surface area contributed by atoms with Gasteiger partial charge in [0.1, 0.15) is 0 Å². The van der Waals surface area contributed by atoms with Gasteiger partial charge in [-0.2, -0.15) is 0 Å². The molecular formula is C6H11NO2. The molecule has 0 bridgehead atoms. The molecule has 2 unspecified atom stereocenters. The van der Waals surface area contributed by atoms with Gasteiger partial charge < -0.3 is 10.4 Å². The molecule has 2 N–H and O–H groups in total. The van der Waals surface area contributed by atoms with Crippen LogP contribution in [0.25, 0.3) is 0 Å². The first kappa shape index (κ1) is 6.55. The van der Waals surface area contributed by atoms with E-state index in [0.29, 0.717) is 0 Å². The van der Waals surface area contributed by atoms with Crippen LogP contribution >= 0.6 is 0 Å². The fourth-order valence-electron chi connectivity index (χ4n) is 1.26. The van der Waals surface area contributed by atoms with E-state index in [1.54, 1.807) is 0 Å². The maximum atomic E-state index is 8.36. The lowest BCUT2D eigenvalue weighted by atomic mass is 10.4. The van der Waals surface area contributed by atoms with Gasteiger partial charge in [0.25, 0.3) is 6.47 Å². The first-order valence-electron chi connectivity index (χ1n) is 3.17. The van der Waals surface area contributed by atoms with Crippen LogP contribution in [0.15, 0.2) is 0 Å². The van der Waals surface area contributed by atoms with E-state index in [0.717, 1.165) is 11.8 Å². The first-order valence-corrected chi connectivity index (χ1v) is 3.17. The van der Waals surface area contributed by atoms with Crippen molar-refractivity contribution in [2.24, 2.45) is 11.8 Å². The van der Waals surface area contributed by atoms with Crippen molar-refractivity contribution in [3.8, 4) is 0 Å². The lowest BCUT2D eigenvalue weighted by molar-refractivity contribution is -0.122. The molecule has 52 valence electrons. The molecule has 0 aromatic heterocycles. The summed E-state index contributed by atoms with van der Waals surface area (Å²) in [6.45, 7) is 2.37. The van der Waals surface area contributed by atoms with Gasteiger partial charge in [-0.15, -0.1) is 0 Å². The molecule has 0 spiro atoms. The van der Waals surface area contributed by atoms with Gasteiger partial charge in [0, 0.05) is 0 Å². The van der Waals surface area contributed by atoms with Gasteiger partial charge in [-0.05, 0) is 31.3 Å². The molecule has 1 heterocycles. The highest BCUT2D eigenvalue weighted by Gasteiger charge is 2.40. The Kier molecular flexibility index (Phi) is 2.05. The zero-order valence-corrected chi connectivity index (χ0v) is 5.21. The Morgan fingerprint density at radius 2 is 1.89 bits per heavy atom. The Hall–Kier alpha value is -0.570. The maximum Gasteiger partial charge on any atom is 0.290 e. The molecule has 0 aromatic carbocycles. The Morgan fingerprint density at radius 1 is 1.44 bits per heavy atom. The van der Waals surface area contributed by atoms with Gasteiger partial charge in [0.15, 0.2) is 0 Å². The van der Waals surface area contributed by atoms with Crippen molar-refractivity contribution in [2.75, 3.05) is 13.1 Å². The molecule has 1 saturated carbocycles. The highest BCUT2D eigenvalue weighted by Crippen LogP contribution is 2.40. The summed E-state index contributed by atoms with van der Waals surface area (Å²) in [5.74, 6) is 2.20.